The molecular weight excluding hydrogens is 280 g/mol. The third-order valence-corrected chi connectivity index (χ3v) is 4.54. The monoisotopic (exact) mass is 308 g/mol. The molecule has 7 heteroatoms. The number of methoxy groups -OCH3 is 1. The maximum absolute atomic E-state index is 11.7. The third-order valence-electron chi connectivity index (χ3n) is 3.07. The lowest BCUT2D eigenvalue weighted by Gasteiger charge is -2.07. The second-order valence-corrected chi connectivity index (χ2v) is 7.03. The number of rotatable bonds is 14. The smallest absolute Gasteiger partial charge is 0.211 e. The Hall–Kier alpha value is -0.210. The summed E-state index contributed by atoms with van der Waals surface area (Å²) >= 11 is 0. The molecule has 0 radical (unpaired) electrons. The number of hydrogen-bond donors (Lipinski definition) is 2. The van der Waals surface area contributed by atoms with Crippen LogP contribution in [0, 0.1) is 0 Å². The topological polar surface area (TPSA) is 76.7 Å². The molecule has 0 spiro atoms. The van der Waals surface area contributed by atoms with Gasteiger partial charge in [-0.15, -0.1) is 0 Å². The van der Waals surface area contributed by atoms with Crippen molar-refractivity contribution in [2.75, 3.05) is 45.8 Å². The summed E-state index contributed by atoms with van der Waals surface area (Å²) in [6, 6.07) is 0.642. The van der Waals surface area contributed by atoms with Crippen LogP contribution in [0.3, 0.4) is 0 Å². The molecule has 0 bridgehead atoms. The Balaban J connectivity index is 1.87. The molecule has 6 nitrogen and oxygen atoms in total. The Morgan fingerprint density at radius 3 is 2.55 bits per heavy atom. The molecule has 1 aliphatic carbocycles. The van der Waals surface area contributed by atoms with Gasteiger partial charge in [-0.05, 0) is 38.6 Å². The molecule has 0 amide bonds. The molecule has 1 fully saturated rings. The van der Waals surface area contributed by atoms with E-state index in [4.69, 9.17) is 9.47 Å². The summed E-state index contributed by atoms with van der Waals surface area (Å²) in [5, 5.41) is 3.31. The standard InChI is InChI=1S/C13H28N2O4S/c1-18-10-11-19-9-3-2-8-15-20(16,17)12-4-7-14-13-5-6-13/h13-15H,2-12H2,1H3. The highest BCUT2D eigenvalue weighted by molar-refractivity contribution is 7.89. The Bertz CT molecular complexity index is 331. The van der Waals surface area contributed by atoms with Crippen molar-refractivity contribution < 1.29 is 17.9 Å². The number of nitrogens with one attached hydrogen (secondary N) is 2. The van der Waals surface area contributed by atoms with Crippen molar-refractivity contribution >= 4 is 10.0 Å². The Labute approximate surface area is 122 Å². The van der Waals surface area contributed by atoms with Crippen LogP contribution >= 0.6 is 0 Å². The summed E-state index contributed by atoms with van der Waals surface area (Å²) in [4.78, 5) is 0. The highest BCUT2D eigenvalue weighted by Crippen LogP contribution is 2.18. The van der Waals surface area contributed by atoms with E-state index < -0.39 is 10.0 Å². The Morgan fingerprint density at radius 2 is 1.85 bits per heavy atom. The average molecular weight is 308 g/mol. The molecule has 0 aromatic rings. The normalized spacial score (nSPS) is 15.7. The van der Waals surface area contributed by atoms with E-state index in [1.54, 1.807) is 7.11 Å². The molecule has 1 saturated carbocycles. The summed E-state index contributed by atoms with van der Waals surface area (Å²) < 4.78 is 36.1. The first-order valence-electron chi connectivity index (χ1n) is 7.41. The van der Waals surface area contributed by atoms with Crippen molar-refractivity contribution in [3.63, 3.8) is 0 Å². The number of hydrogen-bond acceptors (Lipinski definition) is 5. The van der Waals surface area contributed by atoms with Gasteiger partial charge in [0.15, 0.2) is 0 Å². The molecule has 1 aliphatic rings. The predicted molar refractivity (Wildman–Crippen MR) is 79.4 cm³/mol. The van der Waals surface area contributed by atoms with Crippen LogP contribution in [-0.4, -0.2) is 60.2 Å². The minimum Gasteiger partial charge on any atom is -0.382 e. The van der Waals surface area contributed by atoms with Gasteiger partial charge < -0.3 is 14.8 Å². The highest BCUT2D eigenvalue weighted by atomic mass is 32.2. The van der Waals surface area contributed by atoms with Crippen LogP contribution in [0.25, 0.3) is 0 Å². The first-order chi connectivity index (χ1) is 9.64. The summed E-state index contributed by atoms with van der Waals surface area (Å²) in [6.07, 6.45) is 4.79. The second-order valence-electron chi connectivity index (χ2n) is 5.11. The molecule has 2 N–H and O–H groups in total. The Kier molecular flexibility index (Phi) is 9.37. The van der Waals surface area contributed by atoms with Crippen molar-refractivity contribution in [1.29, 1.82) is 0 Å². The summed E-state index contributed by atoms with van der Waals surface area (Å²) in [5.74, 6) is 0.205. The van der Waals surface area contributed by atoms with Gasteiger partial charge in [-0.3, -0.25) is 0 Å². The first kappa shape index (κ1) is 17.8. The zero-order chi connectivity index (χ0) is 14.7. The number of unbranched alkanes of at least 4 members (excludes halogenated alkanes) is 1. The average Bonchev–Trinajstić information content (AvgIpc) is 3.22. The van der Waals surface area contributed by atoms with Gasteiger partial charge >= 0.3 is 0 Å². The van der Waals surface area contributed by atoms with Gasteiger partial charge in [0.2, 0.25) is 10.0 Å². The number of sulfonamides is 1. The fraction of sp³-hybridized carbons (Fsp3) is 1.00. The van der Waals surface area contributed by atoms with Gasteiger partial charge in [-0.25, -0.2) is 13.1 Å². The van der Waals surface area contributed by atoms with Gasteiger partial charge in [0, 0.05) is 26.3 Å². The minimum absolute atomic E-state index is 0.205. The summed E-state index contributed by atoms with van der Waals surface area (Å²) in [5.41, 5.74) is 0. The van der Waals surface area contributed by atoms with Gasteiger partial charge in [0.1, 0.15) is 0 Å². The molecule has 20 heavy (non-hydrogen) atoms. The largest absolute Gasteiger partial charge is 0.382 e. The minimum atomic E-state index is -3.11. The third kappa shape index (κ3) is 10.6. The van der Waals surface area contributed by atoms with E-state index in [2.05, 4.69) is 10.0 Å². The molecule has 0 unspecified atom stereocenters. The lowest BCUT2D eigenvalue weighted by molar-refractivity contribution is 0.0689. The van der Waals surface area contributed by atoms with Crippen LogP contribution in [0.2, 0.25) is 0 Å². The van der Waals surface area contributed by atoms with Crippen molar-refractivity contribution in [2.45, 2.75) is 38.1 Å². The number of ether oxygens (including phenoxy) is 2. The van der Waals surface area contributed by atoms with Gasteiger partial charge in [-0.2, -0.15) is 0 Å². The van der Waals surface area contributed by atoms with Gasteiger partial charge in [0.25, 0.3) is 0 Å². The quantitative estimate of drug-likeness (QED) is 0.457. The molecule has 0 aromatic carbocycles. The van der Waals surface area contributed by atoms with E-state index in [1.807, 2.05) is 0 Å². The molecule has 0 heterocycles. The van der Waals surface area contributed by atoms with E-state index in [1.165, 1.54) is 12.8 Å². The van der Waals surface area contributed by atoms with E-state index in [9.17, 15) is 8.42 Å². The van der Waals surface area contributed by atoms with E-state index in [0.29, 0.717) is 38.8 Å². The van der Waals surface area contributed by atoms with Crippen LogP contribution in [0.1, 0.15) is 32.1 Å². The van der Waals surface area contributed by atoms with Crippen LogP contribution in [0.4, 0.5) is 0 Å². The molecule has 1 rings (SSSR count). The second kappa shape index (κ2) is 10.5. The molecule has 0 aromatic heterocycles. The summed E-state index contributed by atoms with van der Waals surface area (Å²) in [6.45, 7) is 3.12. The van der Waals surface area contributed by atoms with Crippen LogP contribution in [0.15, 0.2) is 0 Å². The maximum atomic E-state index is 11.7. The lowest BCUT2D eigenvalue weighted by Crippen LogP contribution is -2.29. The van der Waals surface area contributed by atoms with Crippen LogP contribution in [0.5, 0.6) is 0 Å². The van der Waals surface area contributed by atoms with Crippen molar-refractivity contribution in [2.24, 2.45) is 0 Å². The zero-order valence-corrected chi connectivity index (χ0v) is 13.2. The van der Waals surface area contributed by atoms with Crippen molar-refractivity contribution in [3.8, 4) is 0 Å². The fourth-order valence-corrected chi connectivity index (χ4v) is 2.85. The van der Waals surface area contributed by atoms with E-state index in [0.717, 1.165) is 19.4 Å². The van der Waals surface area contributed by atoms with E-state index in [-0.39, 0.29) is 5.75 Å². The fourth-order valence-electron chi connectivity index (χ4n) is 1.73. The Morgan fingerprint density at radius 1 is 1.05 bits per heavy atom. The highest BCUT2D eigenvalue weighted by Gasteiger charge is 2.20. The van der Waals surface area contributed by atoms with E-state index >= 15 is 0 Å². The first-order valence-corrected chi connectivity index (χ1v) is 9.06. The van der Waals surface area contributed by atoms with Crippen LogP contribution in [-0.2, 0) is 19.5 Å². The SMILES string of the molecule is COCCOCCCCNS(=O)(=O)CCCNC1CC1. The van der Waals surface area contributed by atoms with Crippen molar-refractivity contribution in [1.82, 2.24) is 10.0 Å². The van der Waals surface area contributed by atoms with Gasteiger partial charge in [0.05, 0.1) is 19.0 Å². The maximum Gasteiger partial charge on any atom is 0.211 e. The molecule has 0 atom stereocenters. The predicted octanol–water partition coefficient (Wildman–Crippen LogP) is 0.491. The molecular formula is C13H28N2O4S. The van der Waals surface area contributed by atoms with Gasteiger partial charge in [-0.1, -0.05) is 0 Å². The summed E-state index contributed by atoms with van der Waals surface area (Å²) in [7, 11) is -1.47. The lowest BCUT2D eigenvalue weighted by atomic mass is 10.3. The molecule has 0 aliphatic heterocycles. The van der Waals surface area contributed by atoms with Crippen molar-refractivity contribution in [3.05, 3.63) is 0 Å². The van der Waals surface area contributed by atoms with Crippen LogP contribution < -0.4 is 10.0 Å². The zero-order valence-electron chi connectivity index (χ0n) is 12.4. The molecule has 120 valence electrons. The molecule has 0 saturated heterocycles.